The number of aliphatic carboxylic acids is 2. The molecule has 0 saturated heterocycles. The monoisotopic (exact) mass is 446 g/mol. The number of carboxylic acids is 2. The molecule has 0 heterocycles. The van der Waals surface area contributed by atoms with Gasteiger partial charge in [0.25, 0.3) is 0 Å². The lowest BCUT2D eigenvalue weighted by molar-refractivity contribution is -0.148. The van der Waals surface area contributed by atoms with E-state index < -0.39 is 22.8 Å². The number of rotatable bonds is 15. The van der Waals surface area contributed by atoms with Gasteiger partial charge < -0.3 is 10.2 Å². The zero-order valence-electron chi connectivity index (χ0n) is 21.6. The van der Waals surface area contributed by atoms with Crippen LogP contribution in [-0.2, 0) is 22.4 Å². The van der Waals surface area contributed by atoms with Crippen molar-refractivity contribution in [3.05, 3.63) is 33.9 Å². The molecule has 1 aromatic carbocycles. The van der Waals surface area contributed by atoms with E-state index in [0.717, 1.165) is 70.6 Å². The first-order chi connectivity index (χ1) is 14.8. The van der Waals surface area contributed by atoms with Crippen LogP contribution in [-0.4, -0.2) is 22.2 Å². The molecule has 0 aliphatic carbocycles. The van der Waals surface area contributed by atoms with Crippen molar-refractivity contribution in [1.82, 2.24) is 0 Å². The second kappa shape index (κ2) is 12.4. The standard InChI is InChI=1S/C28H46O4/c1-20-19-23(15-11-10-14-18-28(6,7)26(31)32)24(22(3)21(20)2)16-12-8-9-13-17-27(4,5)25(29)30/h19H,8-18H2,1-7H3,(H,29,30)(H,31,32). The molecule has 0 aromatic heterocycles. The molecule has 0 radical (unpaired) electrons. The Morgan fingerprint density at radius 3 is 1.62 bits per heavy atom. The maximum Gasteiger partial charge on any atom is 0.309 e. The predicted molar refractivity (Wildman–Crippen MR) is 132 cm³/mol. The largest absolute Gasteiger partial charge is 0.481 e. The third-order valence-electron chi connectivity index (χ3n) is 7.27. The number of unbranched alkanes of at least 4 members (excludes halogenated alkanes) is 5. The SMILES string of the molecule is Cc1cc(CCCCCC(C)(C)C(=O)O)c(CCCCCCC(C)(C)C(=O)O)c(C)c1C. The Hall–Kier alpha value is -1.84. The lowest BCUT2D eigenvalue weighted by Gasteiger charge is -2.20. The zero-order chi connectivity index (χ0) is 24.5. The van der Waals surface area contributed by atoms with Gasteiger partial charge in [-0.2, -0.15) is 0 Å². The van der Waals surface area contributed by atoms with Crippen LogP contribution in [0.1, 0.15) is 113 Å². The van der Waals surface area contributed by atoms with Gasteiger partial charge in [-0.25, -0.2) is 0 Å². The van der Waals surface area contributed by atoms with E-state index in [0.29, 0.717) is 0 Å². The van der Waals surface area contributed by atoms with E-state index in [1.807, 2.05) is 27.7 Å². The molecule has 0 amide bonds. The number of benzene rings is 1. The summed E-state index contributed by atoms with van der Waals surface area (Å²) >= 11 is 0. The fourth-order valence-corrected chi connectivity index (χ4v) is 4.29. The Balaban J connectivity index is 2.59. The molecule has 0 bridgehead atoms. The van der Waals surface area contributed by atoms with Gasteiger partial charge in [-0.05, 0) is 115 Å². The average Bonchev–Trinajstić information content (AvgIpc) is 2.69. The summed E-state index contributed by atoms with van der Waals surface area (Å²) in [7, 11) is 0. The highest BCUT2D eigenvalue weighted by molar-refractivity contribution is 5.73. The Labute approximate surface area is 195 Å². The van der Waals surface area contributed by atoms with Crippen LogP contribution in [0, 0.1) is 31.6 Å². The van der Waals surface area contributed by atoms with E-state index in [1.165, 1.54) is 27.8 Å². The molecule has 0 saturated carbocycles. The first-order valence-corrected chi connectivity index (χ1v) is 12.3. The summed E-state index contributed by atoms with van der Waals surface area (Å²) in [6.45, 7) is 13.9. The molecule has 0 spiro atoms. The molecular formula is C28H46O4. The first-order valence-electron chi connectivity index (χ1n) is 12.3. The highest BCUT2D eigenvalue weighted by Gasteiger charge is 2.26. The lowest BCUT2D eigenvalue weighted by Crippen LogP contribution is -2.23. The summed E-state index contributed by atoms with van der Waals surface area (Å²) in [6.07, 6.45) is 11.0. The van der Waals surface area contributed by atoms with Gasteiger partial charge in [-0.1, -0.05) is 38.2 Å². The number of aryl methyl sites for hydroxylation is 2. The second-order valence-electron chi connectivity index (χ2n) is 10.9. The number of carbonyl (C=O) groups is 2. The van der Waals surface area contributed by atoms with Crippen LogP contribution in [0.3, 0.4) is 0 Å². The van der Waals surface area contributed by atoms with E-state index in [4.69, 9.17) is 0 Å². The van der Waals surface area contributed by atoms with Crippen molar-refractivity contribution in [2.75, 3.05) is 0 Å². The van der Waals surface area contributed by atoms with Crippen LogP contribution in [0.2, 0.25) is 0 Å². The third kappa shape index (κ3) is 8.60. The van der Waals surface area contributed by atoms with Gasteiger partial charge in [-0.3, -0.25) is 9.59 Å². The summed E-state index contributed by atoms with van der Waals surface area (Å²) < 4.78 is 0. The van der Waals surface area contributed by atoms with Crippen LogP contribution < -0.4 is 0 Å². The van der Waals surface area contributed by atoms with Gasteiger partial charge >= 0.3 is 11.9 Å². The van der Waals surface area contributed by atoms with Gasteiger partial charge in [0, 0.05) is 0 Å². The molecule has 4 nitrogen and oxygen atoms in total. The van der Waals surface area contributed by atoms with Gasteiger partial charge in [0.15, 0.2) is 0 Å². The summed E-state index contributed by atoms with van der Waals surface area (Å²) in [5, 5.41) is 18.5. The molecule has 0 atom stereocenters. The van der Waals surface area contributed by atoms with E-state index in [9.17, 15) is 19.8 Å². The van der Waals surface area contributed by atoms with Crippen LogP contribution in [0.25, 0.3) is 0 Å². The van der Waals surface area contributed by atoms with Crippen LogP contribution in [0.5, 0.6) is 0 Å². The van der Waals surface area contributed by atoms with Gasteiger partial charge in [0.2, 0.25) is 0 Å². The van der Waals surface area contributed by atoms with Crippen molar-refractivity contribution in [2.45, 2.75) is 119 Å². The molecule has 182 valence electrons. The molecule has 1 aromatic rings. The Morgan fingerprint density at radius 1 is 0.688 bits per heavy atom. The van der Waals surface area contributed by atoms with E-state index in [1.54, 1.807) is 0 Å². The quantitative estimate of drug-likeness (QED) is 0.275. The zero-order valence-corrected chi connectivity index (χ0v) is 21.6. The number of hydrogen-bond acceptors (Lipinski definition) is 2. The molecular weight excluding hydrogens is 400 g/mol. The number of hydrogen-bond donors (Lipinski definition) is 2. The molecule has 4 heteroatoms. The van der Waals surface area contributed by atoms with E-state index in [2.05, 4.69) is 26.8 Å². The summed E-state index contributed by atoms with van der Waals surface area (Å²) in [5.74, 6) is -1.42. The molecule has 0 aliphatic heterocycles. The second-order valence-corrected chi connectivity index (χ2v) is 10.9. The minimum atomic E-state index is -0.712. The molecule has 0 fully saturated rings. The van der Waals surface area contributed by atoms with E-state index >= 15 is 0 Å². The summed E-state index contributed by atoms with van der Waals surface area (Å²) in [4.78, 5) is 22.5. The maximum atomic E-state index is 11.3. The molecule has 2 N–H and O–H groups in total. The molecule has 0 aliphatic rings. The molecule has 1 rings (SSSR count). The fraction of sp³-hybridized carbons (Fsp3) is 0.714. The predicted octanol–water partition coefficient (Wildman–Crippen LogP) is 7.43. The normalized spacial score (nSPS) is 12.2. The van der Waals surface area contributed by atoms with Crippen LogP contribution >= 0.6 is 0 Å². The van der Waals surface area contributed by atoms with Crippen molar-refractivity contribution in [2.24, 2.45) is 10.8 Å². The first kappa shape index (κ1) is 28.2. The van der Waals surface area contributed by atoms with Crippen LogP contribution in [0.15, 0.2) is 6.07 Å². The summed E-state index contributed by atoms with van der Waals surface area (Å²) in [6, 6.07) is 2.36. The average molecular weight is 447 g/mol. The van der Waals surface area contributed by atoms with Crippen molar-refractivity contribution in [3.8, 4) is 0 Å². The highest BCUT2D eigenvalue weighted by Crippen LogP contribution is 2.28. The highest BCUT2D eigenvalue weighted by atomic mass is 16.4. The minimum absolute atomic E-state index is 0.627. The van der Waals surface area contributed by atoms with Gasteiger partial charge in [0.1, 0.15) is 0 Å². The Kier molecular flexibility index (Phi) is 10.9. The van der Waals surface area contributed by atoms with Crippen LogP contribution in [0.4, 0.5) is 0 Å². The van der Waals surface area contributed by atoms with Crippen molar-refractivity contribution >= 4 is 11.9 Å². The topological polar surface area (TPSA) is 74.6 Å². The Bertz CT molecular complexity index is 774. The third-order valence-corrected chi connectivity index (χ3v) is 7.27. The smallest absolute Gasteiger partial charge is 0.309 e. The maximum absolute atomic E-state index is 11.3. The summed E-state index contributed by atoms with van der Waals surface area (Å²) in [5.41, 5.74) is 5.83. The fourth-order valence-electron chi connectivity index (χ4n) is 4.29. The molecule has 32 heavy (non-hydrogen) atoms. The molecule has 0 unspecified atom stereocenters. The van der Waals surface area contributed by atoms with E-state index in [-0.39, 0.29) is 0 Å². The van der Waals surface area contributed by atoms with Crippen molar-refractivity contribution in [3.63, 3.8) is 0 Å². The van der Waals surface area contributed by atoms with Gasteiger partial charge in [-0.15, -0.1) is 0 Å². The van der Waals surface area contributed by atoms with Crippen molar-refractivity contribution in [1.29, 1.82) is 0 Å². The Morgan fingerprint density at radius 2 is 1.12 bits per heavy atom. The number of carboxylic acid groups (broad SMARTS) is 2. The van der Waals surface area contributed by atoms with Gasteiger partial charge in [0.05, 0.1) is 10.8 Å². The van der Waals surface area contributed by atoms with Crippen molar-refractivity contribution < 1.29 is 19.8 Å². The minimum Gasteiger partial charge on any atom is -0.481 e. The lowest BCUT2D eigenvalue weighted by atomic mass is 9.85.